The molecule has 0 unspecified atom stereocenters. The molecule has 0 fully saturated rings. The maximum absolute atomic E-state index is 10.5. The Balaban J connectivity index is 3.08. The molecular weight excluding hydrogens is 116 g/mol. The Morgan fingerprint density at radius 3 is 2.89 bits per heavy atom. The fourth-order valence-electron chi connectivity index (χ4n) is 0.597. The Bertz CT molecular complexity index is 241. The Morgan fingerprint density at radius 1 is 1.67 bits per heavy atom. The van der Waals surface area contributed by atoms with Crippen LogP contribution in [0.2, 0.25) is 0 Å². The van der Waals surface area contributed by atoms with E-state index in [1.54, 1.807) is 6.20 Å². The Hall–Kier alpha value is -1.12. The summed E-state index contributed by atoms with van der Waals surface area (Å²) in [4.78, 5) is 16.9. The highest BCUT2D eigenvalue weighted by Gasteiger charge is 1.86. The van der Waals surface area contributed by atoms with E-state index in [0.29, 0.717) is 0 Å². The van der Waals surface area contributed by atoms with E-state index < -0.39 is 0 Å². The molecule has 0 saturated heterocycles. The van der Waals surface area contributed by atoms with Crippen molar-refractivity contribution >= 4 is 0 Å². The van der Waals surface area contributed by atoms with Crippen LogP contribution in [-0.4, -0.2) is 9.97 Å². The summed E-state index contributed by atoms with van der Waals surface area (Å²) in [5.41, 5.74) is 0.747. The van der Waals surface area contributed by atoms with Crippen LogP contribution in [0.4, 0.5) is 0 Å². The van der Waals surface area contributed by atoms with Crippen LogP contribution in [0.5, 0.6) is 0 Å². The first-order chi connectivity index (χ1) is 4.33. The van der Waals surface area contributed by atoms with Gasteiger partial charge in [0.2, 0.25) is 0 Å². The van der Waals surface area contributed by atoms with Crippen LogP contribution in [-0.2, 0) is 6.42 Å². The summed E-state index contributed by atoms with van der Waals surface area (Å²) in [7, 11) is 0. The molecule has 1 aromatic rings. The monoisotopic (exact) mass is 124 g/mol. The van der Waals surface area contributed by atoms with Gasteiger partial charge in [-0.2, -0.15) is 0 Å². The maximum Gasteiger partial charge on any atom is 0.266 e. The summed E-state index contributed by atoms with van der Waals surface area (Å²) in [5, 5.41) is 0. The predicted molar refractivity (Wildman–Crippen MR) is 34.2 cm³/mol. The highest BCUT2D eigenvalue weighted by molar-refractivity contribution is 4.93. The molecule has 3 nitrogen and oxygen atoms in total. The van der Waals surface area contributed by atoms with E-state index >= 15 is 0 Å². The first-order valence-corrected chi connectivity index (χ1v) is 2.86. The zero-order chi connectivity index (χ0) is 6.69. The van der Waals surface area contributed by atoms with Crippen molar-refractivity contribution in [1.29, 1.82) is 0 Å². The van der Waals surface area contributed by atoms with E-state index in [2.05, 4.69) is 9.97 Å². The number of nitrogens with zero attached hydrogens (tertiary/aromatic N) is 1. The minimum absolute atomic E-state index is 0.130. The first kappa shape index (κ1) is 6.01. The molecule has 3 heteroatoms. The van der Waals surface area contributed by atoms with Crippen LogP contribution >= 0.6 is 0 Å². The zero-order valence-electron chi connectivity index (χ0n) is 5.22. The van der Waals surface area contributed by atoms with Gasteiger partial charge in [0.25, 0.3) is 5.56 Å². The van der Waals surface area contributed by atoms with Crippen molar-refractivity contribution in [2.24, 2.45) is 0 Å². The molecule has 0 aromatic carbocycles. The molecule has 0 aliphatic rings. The second-order valence-electron chi connectivity index (χ2n) is 1.78. The number of hydrogen-bond donors (Lipinski definition) is 1. The van der Waals surface area contributed by atoms with Gasteiger partial charge in [-0.1, -0.05) is 6.92 Å². The van der Waals surface area contributed by atoms with Crippen molar-refractivity contribution in [2.75, 3.05) is 0 Å². The molecule has 1 N–H and O–H groups in total. The summed E-state index contributed by atoms with van der Waals surface area (Å²) in [5.74, 6) is 0. The number of nitrogens with one attached hydrogen (secondary N) is 1. The van der Waals surface area contributed by atoms with Crippen molar-refractivity contribution in [1.82, 2.24) is 9.97 Å². The van der Waals surface area contributed by atoms with Gasteiger partial charge in [-0.15, -0.1) is 0 Å². The number of aromatic nitrogens is 2. The minimum atomic E-state index is -0.130. The van der Waals surface area contributed by atoms with Crippen molar-refractivity contribution in [3.63, 3.8) is 0 Å². The average molecular weight is 124 g/mol. The van der Waals surface area contributed by atoms with Crippen LogP contribution in [0, 0.1) is 0 Å². The molecule has 0 aliphatic carbocycles. The number of hydrogen-bond acceptors (Lipinski definition) is 2. The number of H-pyrrole nitrogens is 1. The van der Waals surface area contributed by atoms with Gasteiger partial charge < -0.3 is 4.98 Å². The Labute approximate surface area is 52.8 Å². The molecule has 1 rings (SSSR count). The molecule has 0 bridgehead atoms. The standard InChI is InChI=1S/C6H8N2O/c1-2-5-3-7-4-6(9)8-5/h3-4H,2H2,1H3,(H,8,9). The van der Waals surface area contributed by atoms with Crippen molar-refractivity contribution in [3.05, 3.63) is 28.4 Å². The molecule has 9 heavy (non-hydrogen) atoms. The second kappa shape index (κ2) is 2.44. The lowest BCUT2D eigenvalue weighted by Gasteiger charge is -1.90. The molecule has 0 saturated carbocycles. The van der Waals surface area contributed by atoms with Gasteiger partial charge in [0.1, 0.15) is 0 Å². The highest BCUT2D eigenvalue weighted by atomic mass is 16.1. The predicted octanol–water partition coefficient (Wildman–Crippen LogP) is 0.332. The van der Waals surface area contributed by atoms with Gasteiger partial charge in [-0.25, -0.2) is 0 Å². The molecule has 1 heterocycles. The average Bonchev–Trinajstić information content (AvgIpc) is 1.88. The van der Waals surface area contributed by atoms with Gasteiger partial charge >= 0.3 is 0 Å². The van der Waals surface area contributed by atoms with E-state index in [0.717, 1.165) is 12.1 Å². The minimum Gasteiger partial charge on any atom is -0.323 e. The van der Waals surface area contributed by atoms with Crippen LogP contribution in [0.1, 0.15) is 12.6 Å². The topological polar surface area (TPSA) is 45.8 Å². The lowest BCUT2D eigenvalue weighted by molar-refractivity contribution is 0.973. The number of rotatable bonds is 1. The fraction of sp³-hybridized carbons (Fsp3) is 0.333. The Morgan fingerprint density at radius 2 is 2.44 bits per heavy atom. The SMILES string of the molecule is CCc1cncc(=O)[nH]1. The quantitative estimate of drug-likeness (QED) is 0.586. The second-order valence-corrected chi connectivity index (χ2v) is 1.78. The summed E-state index contributed by atoms with van der Waals surface area (Å²) in [6.45, 7) is 1.97. The van der Waals surface area contributed by atoms with Crippen LogP contribution in [0.25, 0.3) is 0 Å². The molecule has 0 amide bonds. The summed E-state index contributed by atoms with van der Waals surface area (Å²) >= 11 is 0. The van der Waals surface area contributed by atoms with Crippen molar-refractivity contribution < 1.29 is 0 Å². The van der Waals surface area contributed by atoms with E-state index in [4.69, 9.17) is 0 Å². The summed E-state index contributed by atoms with van der Waals surface area (Å²) < 4.78 is 0. The lowest BCUT2D eigenvalue weighted by Crippen LogP contribution is -2.07. The molecule has 1 aromatic heterocycles. The van der Waals surface area contributed by atoms with Crippen molar-refractivity contribution in [2.45, 2.75) is 13.3 Å². The largest absolute Gasteiger partial charge is 0.323 e. The summed E-state index contributed by atoms with van der Waals surface area (Å²) in [6, 6.07) is 0. The van der Waals surface area contributed by atoms with E-state index in [1.807, 2.05) is 6.92 Å². The zero-order valence-corrected chi connectivity index (χ0v) is 5.22. The number of aryl methyl sites for hydroxylation is 1. The third-order valence-electron chi connectivity index (χ3n) is 1.09. The van der Waals surface area contributed by atoms with E-state index in [-0.39, 0.29) is 5.56 Å². The smallest absolute Gasteiger partial charge is 0.266 e. The summed E-state index contributed by atoms with van der Waals surface area (Å²) in [6.07, 6.45) is 3.74. The van der Waals surface area contributed by atoms with Gasteiger partial charge in [0, 0.05) is 11.9 Å². The third kappa shape index (κ3) is 1.38. The van der Waals surface area contributed by atoms with Gasteiger partial charge in [0.15, 0.2) is 0 Å². The van der Waals surface area contributed by atoms with Gasteiger partial charge in [0.05, 0.1) is 6.20 Å². The molecule has 0 radical (unpaired) electrons. The molecular formula is C6H8N2O. The van der Waals surface area contributed by atoms with Gasteiger partial charge in [-0.3, -0.25) is 9.78 Å². The highest BCUT2D eigenvalue weighted by Crippen LogP contribution is 1.84. The molecule has 0 spiro atoms. The lowest BCUT2D eigenvalue weighted by atomic mass is 10.4. The van der Waals surface area contributed by atoms with Crippen LogP contribution in [0.3, 0.4) is 0 Å². The first-order valence-electron chi connectivity index (χ1n) is 2.86. The number of aromatic amines is 1. The van der Waals surface area contributed by atoms with Crippen LogP contribution < -0.4 is 5.56 Å². The normalized spacial score (nSPS) is 9.44. The van der Waals surface area contributed by atoms with E-state index in [9.17, 15) is 4.79 Å². The molecule has 0 aliphatic heterocycles. The van der Waals surface area contributed by atoms with Crippen molar-refractivity contribution in [3.8, 4) is 0 Å². The van der Waals surface area contributed by atoms with Gasteiger partial charge in [-0.05, 0) is 6.42 Å². The van der Waals surface area contributed by atoms with Crippen LogP contribution in [0.15, 0.2) is 17.2 Å². The van der Waals surface area contributed by atoms with E-state index in [1.165, 1.54) is 6.20 Å². The Kier molecular flexibility index (Phi) is 1.63. The molecule has 48 valence electrons. The third-order valence-corrected chi connectivity index (χ3v) is 1.09. The fourth-order valence-corrected chi connectivity index (χ4v) is 0.597. The molecule has 0 atom stereocenters. The maximum atomic E-state index is 10.5.